The number of pyridine rings is 1. The van der Waals surface area contributed by atoms with Crippen LogP contribution >= 0.6 is 0 Å². The summed E-state index contributed by atoms with van der Waals surface area (Å²) in [6.45, 7) is 6.56. The lowest BCUT2D eigenvalue weighted by atomic mass is 9.76. The second kappa shape index (κ2) is 8.47. The fraction of sp³-hybridized carbons (Fsp3) is 0.435. The van der Waals surface area contributed by atoms with Crippen molar-refractivity contribution in [3.05, 3.63) is 53.4 Å². The van der Waals surface area contributed by atoms with Crippen LogP contribution in [0, 0.1) is 11.3 Å². The third kappa shape index (κ3) is 4.10. The molecule has 3 rings (SSSR count). The Morgan fingerprint density at radius 2 is 1.96 bits per heavy atom. The molecule has 0 unspecified atom stereocenters. The summed E-state index contributed by atoms with van der Waals surface area (Å²) in [4.78, 5) is 19.3. The Bertz CT molecular complexity index is 859. The van der Waals surface area contributed by atoms with E-state index >= 15 is 0 Å². The monoisotopic (exact) mass is 363 g/mol. The molecule has 27 heavy (non-hydrogen) atoms. The molecule has 1 N–H and O–H groups in total. The summed E-state index contributed by atoms with van der Waals surface area (Å²) in [6, 6.07) is 10.6. The van der Waals surface area contributed by atoms with Gasteiger partial charge in [0, 0.05) is 24.0 Å². The minimum absolute atomic E-state index is 0.0683. The van der Waals surface area contributed by atoms with Gasteiger partial charge in [0.15, 0.2) is 5.78 Å². The van der Waals surface area contributed by atoms with Crippen molar-refractivity contribution in [2.75, 3.05) is 6.54 Å². The second-order valence-corrected chi connectivity index (χ2v) is 7.63. The Kier molecular flexibility index (Phi) is 6.04. The average Bonchev–Trinajstić information content (AvgIpc) is 2.71. The highest BCUT2D eigenvalue weighted by atomic mass is 16.1. The SMILES string of the molecule is CCN(C=N)C(C(=O)C1CCC(c2ccc3cccnc3c2)CC1)=C(C)C. The molecule has 0 radical (unpaired) electrons. The number of aromatic nitrogens is 1. The largest absolute Gasteiger partial charge is 0.330 e. The molecule has 142 valence electrons. The molecule has 0 spiro atoms. The van der Waals surface area contributed by atoms with Gasteiger partial charge >= 0.3 is 0 Å². The molecule has 1 heterocycles. The quantitative estimate of drug-likeness (QED) is 0.430. The Labute approximate surface area is 161 Å². The van der Waals surface area contributed by atoms with Crippen LogP contribution in [0.1, 0.15) is 57.9 Å². The van der Waals surface area contributed by atoms with Gasteiger partial charge in [-0.1, -0.05) is 18.2 Å². The Balaban J connectivity index is 1.71. The van der Waals surface area contributed by atoms with Crippen molar-refractivity contribution < 1.29 is 4.79 Å². The van der Waals surface area contributed by atoms with Gasteiger partial charge in [0.2, 0.25) is 0 Å². The van der Waals surface area contributed by atoms with Gasteiger partial charge in [-0.2, -0.15) is 0 Å². The van der Waals surface area contributed by atoms with Gasteiger partial charge in [0.1, 0.15) is 0 Å². The van der Waals surface area contributed by atoms with Gasteiger partial charge in [0.25, 0.3) is 0 Å². The molecule has 0 amide bonds. The lowest BCUT2D eigenvalue weighted by Gasteiger charge is -2.31. The summed E-state index contributed by atoms with van der Waals surface area (Å²) in [5.74, 6) is 0.776. The van der Waals surface area contributed by atoms with Crippen LogP contribution in [0.4, 0.5) is 0 Å². The Hall–Kier alpha value is -2.49. The Morgan fingerprint density at radius 3 is 2.59 bits per heavy atom. The number of likely N-dealkylation sites (N-methyl/N-ethyl adjacent to an activating group) is 1. The van der Waals surface area contributed by atoms with Crippen molar-refractivity contribution in [2.24, 2.45) is 5.92 Å². The van der Waals surface area contributed by atoms with E-state index in [-0.39, 0.29) is 11.7 Å². The summed E-state index contributed by atoms with van der Waals surface area (Å²) in [6.07, 6.45) is 6.99. The molecule has 1 aromatic carbocycles. The second-order valence-electron chi connectivity index (χ2n) is 7.63. The number of benzene rings is 1. The van der Waals surface area contributed by atoms with Gasteiger partial charge in [-0.05, 0) is 75.6 Å². The maximum absolute atomic E-state index is 13.1. The predicted octanol–water partition coefficient (Wildman–Crippen LogP) is 5.30. The van der Waals surface area contributed by atoms with E-state index in [4.69, 9.17) is 5.41 Å². The lowest BCUT2D eigenvalue weighted by molar-refractivity contribution is -0.121. The fourth-order valence-corrected chi connectivity index (χ4v) is 4.21. The first-order chi connectivity index (χ1) is 13.0. The van der Waals surface area contributed by atoms with Crippen molar-refractivity contribution in [3.8, 4) is 0 Å². The first kappa shape index (κ1) is 19.3. The van der Waals surface area contributed by atoms with Crippen LogP contribution in [0.5, 0.6) is 0 Å². The van der Waals surface area contributed by atoms with Crippen LogP contribution in [0.25, 0.3) is 10.9 Å². The molecule has 1 fully saturated rings. The number of carbonyl (C=O) groups excluding carboxylic acids is 1. The van der Waals surface area contributed by atoms with Gasteiger partial charge in [-0.15, -0.1) is 0 Å². The minimum Gasteiger partial charge on any atom is -0.330 e. The van der Waals surface area contributed by atoms with Crippen LogP contribution in [-0.4, -0.2) is 28.6 Å². The number of allylic oxidation sites excluding steroid dienone is 2. The maximum Gasteiger partial charge on any atom is 0.182 e. The summed E-state index contributed by atoms with van der Waals surface area (Å²) >= 11 is 0. The van der Waals surface area contributed by atoms with E-state index in [0.717, 1.165) is 36.8 Å². The zero-order valence-electron chi connectivity index (χ0n) is 16.5. The molecule has 2 aromatic rings. The minimum atomic E-state index is 0.0683. The normalized spacial score (nSPS) is 19.5. The van der Waals surface area contributed by atoms with Crippen molar-refractivity contribution >= 4 is 23.0 Å². The molecule has 1 aliphatic carbocycles. The molecular formula is C23H29N3O. The summed E-state index contributed by atoms with van der Waals surface area (Å²) in [5, 5.41) is 8.78. The number of carbonyl (C=O) groups is 1. The molecule has 4 nitrogen and oxygen atoms in total. The molecule has 0 saturated heterocycles. The third-order valence-corrected chi connectivity index (χ3v) is 5.69. The molecule has 4 heteroatoms. The van der Waals surface area contributed by atoms with Crippen LogP contribution in [-0.2, 0) is 4.79 Å². The fourth-order valence-electron chi connectivity index (χ4n) is 4.21. The maximum atomic E-state index is 13.1. The van der Waals surface area contributed by atoms with Crippen molar-refractivity contribution in [1.82, 2.24) is 9.88 Å². The molecule has 1 aliphatic rings. The molecule has 0 atom stereocenters. The number of fused-ring (bicyclic) bond motifs is 1. The summed E-state index contributed by atoms with van der Waals surface area (Å²) in [5.41, 5.74) is 4.09. The number of hydrogen-bond acceptors (Lipinski definition) is 3. The smallest absolute Gasteiger partial charge is 0.182 e. The number of rotatable bonds is 6. The van der Waals surface area contributed by atoms with Crippen molar-refractivity contribution in [3.63, 3.8) is 0 Å². The number of nitrogens with one attached hydrogen (secondary N) is 1. The van der Waals surface area contributed by atoms with Crippen LogP contribution in [0.15, 0.2) is 47.8 Å². The van der Waals surface area contributed by atoms with E-state index in [1.165, 1.54) is 17.3 Å². The van der Waals surface area contributed by atoms with Crippen LogP contribution in [0.2, 0.25) is 0 Å². The zero-order chi connectivity index (χ0) is 19.4. The highest BCUT2D eigenvalue weighted by molar-refractivity contribution is 5.99. The van der Waals surface area contributed by atoms with Gasteiger partial charge in [0.05, 0.1) is 17.6 Å². The zero-order valence-corrected chi connectivity index (χ0v) is 16.5. The van der Waals surface area contributed by atoms with E-state index in [2.05, 4.69) is 29.2 Å². The van der Waals surface area contributed by atoms with Crippen LogP contribution < -0.4 is 0 Å². The van der Waals surface area contributed by atoms with Gasteiger partial charge in [-0.25, -0.2) is 0 Å². The molecule has 0 bridgehead atoms. The van der Waals surface area contributed by atoms with Crippen molar-refractivity contribution in [1.29, 1.82) is 5.41 Å². The number of Topliss-reactive ketones (excluding diaryl/α,β-unsaturated/α-hetero) is 1. The highest BCUT2D eigenvalue weighted by Crippen LogP contribution is 2.38. The summed E-state index contributed by atoms with van der Waals surface area (Å²) < 4.78 is 0. The topological polar surface area (TPSA) is 57.1 Å². The van der Waals surface area contributed by atoms with Gasteiger partial charge < -0.3 is 4.90 Å². The predicted molar refractivity (Wildman–Crippen MR) is 111 cm³/mol. The summed E-state index contributed by atoms with van der Waals surface area (Å²) in [7, 11) is 0. The number of nitrogens with zero attached hydrogens (tertiary/aromatic N) is 2. The average molecular weight is 364 g/mol. The first-order valence-corrected chi connectivity index (χ1v) is 9.88. The number of ketones is 1. The van der Waals surface area contributed by atoms with Crippen molar-refractivity contribution in [2.45, 2.75) is 52.4 Å². The van der Waals surface area contributed by atoms with Crippen LogP contribution in [0.3, 0.4) is 0 Å². The lowest BCUT2D eigenvalue weighted by Crippen LogP contribution is -2.32. The first-order valence-electron chi connectivity index (χ1n) is 9.88. The van der Waals surface area contributed by atoms with E-state index in [9.17, 15) is 4.79 Å². The van der Waals surface area contributed by atoms with E-state index < -0.39 is 0 Å². The molecule has 1 aromatic heterocycles. The van der Waals surface area contributed by atoms with Gasteiger partial charge in [-0.3, -0.25) is 15.2 Å². The number of hydrogen-bond donors (Lipinski definition) is 1. The van der Waals surface area contributed by atoms with E-state index in [1.54, 1.807) is 4.90 Å². The Morgan fingerprint density at radius 1 is 1.22 bits per heavy atom. The van der Waals surface area contributed by atoms with E-state index in [1.807, 2.05) is 33.0 Å². The third-order valence-electron chi connectivity index (χ3n) is 5.69. The van der Waals surface area contributed by atoms with E-state index in [0.29, 0.717) is 18.2 Å². The highest BCUT2D eigenvalue weighted by Gasteiger charge is 2.30. The standard InChI is InChI=1S/C23H29N3O/c1-4-26(15-24)22(16(2)3)23(27)19-10-7-17(8-11-19)20-12-9-18-6-5-13-25-21(18)14-20/h5-6,9,12-15,17,19,24H,4,7-8,10-11H2,1-3H3. The molecular weight excluding hydrogens is 334 g/mol. The molecule has 0 aliphatic heterocycles. The molecule has 1 saturated carbocycles.